The molecule has 1 N–H and O–H groups in total. The normalized spacial score (nSPS) is 23.0. The highest BCUT2D eigenvalue weighted by Gasteiger charge is 2.26. The lowest BCUT2D eigenvalue weighted by molar-refractivity contribution is -0.132. The Hall–Kier alpha value is -0.880. The fourth-order valence-corrected chi connectivity index (χ4v) is 4.03. The van der Waals surface area contributed by atoms with Gasteiger partial charge in [-0.05, 0) is 58.3 Å². The number of amides is 1. The van der Waals surface area contributed by atoms with Crippen LogP contribution in [-0.2, 0) is 14.8 Å². The van der Waals surface area contributed by atoms with Crippen molar-refractivity contribution in [1.29, 1.82) is 0 Å². The number of allylic oxidation sites excluding steroid dienone is 1. The van der Waals surface area contributed by atoms with E-state index < -0.39 is 15.3 Å². The van der Waals surface area contributed by atoms with Crippen LogP contribution in [0.5, 0.6) is 0 Å². The van der Waals surface area contributed by atoms with Gasteiger partial charge in [-0.25, -0.2) is 13.1 Å². The molecule has 1 aliphatic carbocycles. The summed E-state index contributed by atoms with van der Waals surface area (Å²) in [6, 6.07) is 0. The summed E-state index contributed by atoms with van der Waals surface area (Å²) in [6.45, 7) is 5.27. The van der Waals surface area contributed by atoms with Crippen LogP contribution in [0.1, 0.15) is 58.8 Å². The van der Waals surface area contributed by atoms with Crippen molar-refractivity contribution in [3.8, 4) is 0 Å². The number of carbonyl (C=O) groups is 1. The molecule has 5 nitrogen and oxygen atoms in total. The summed E-state index contributed by atoms with van der Waals surface area (Å²) in [5, 5.41) is -0.415. The third kappa shape index (κ3) is 5.60. The van der Waals surface area contributed by atoms with Gasteiger partial charge >= 0.3 is 0 Å². The minimum Gasteiger partial charge on any atom is -0.342 e. The largest absolute Gasteiger partial charge is 0.342 e. The molecule has 0 aromatic carbocycles. The molecule has 132 valence electrons. The maximum Gasteiger partial charge on any atom is 0.226 e. The maximum absolute atomic E-state index is 12.5. The van der Waals surface area contributed by atoms with E-state index in [0.717, 1.165) is 32.2 Å². The van der Waals surface area contributed by atoms with Crippen LogP contribution in [0.4, 0.5) is 0 Å². The van der Waals surface area contributed by atoms with Crippen molar-refractivity contribution in [2.75, 3.05) is 19.6 Å². The van der Waals surface area contributed by atoms with Crippen LogP contribution in [0.3, 0.4) is 0 Å². The van der Waals surface area contributed by atoms with Gasteiger partial charge in [-0.1, -0.05) is 11.6 Å². The van der Waals surface area contributed by atoms with Crippen molar-refractivity contribution >= 4 is 15.9 Å². The third-order valence-corrected chi connectivity index (χ3v) is 6.64. The predicted molar refractivity (Wildman–Crippen MR) is 92.5 cm³/mol. The number of likely N-dealkylation sites (tertiary alicyclic amines) is 1. The summed E-state index contributed by atoms with van der Waals surface area (Å²) in [4.78, 5) is 14.4. The Balaban J connectivity index is 1.83. The van der Waals surface area contributed by atoms with E-state index in [0.29, 0.717) is 19.5 Å². The van der Waals surface area contributed by atoms with Crippen molar-refractivity contribution in [2.45, 2.75) is 64.0 Å². The molecule has 1 saturated heterocycles. The Bertz CT molecular complexity index is 540. The van der Waals surface area contributed by atoms with Crippen LogP contribution in [0.25, 0.3) is 0 Å². The number of nitrogens with zero attached hydrogens (tertiary/aromatic N) is 1. The second-order valence-corrected chi connectivity index (χ2v) is 9.40. The van der Waals surface area contributed by atoms with Crippen LogP contribution in [0, 0.1) is 5.92 Å². The summed E-state index contributed by atoms with van der Waals surface area (Å²) >= 11 is 0. The summed E-state index contributed by atoms with van der Waals surface area (Å²) in [7, 11) is -3.22. The number of hydrogen-bond acceptors (Lipinski definition) is 3. The number of rotatable bonds is 6. The van der Waals surface area contributed by atoms with Crippen LogP contribution in [-0.4, -0.2) is 44.1 Å². The quantitative estimate of drug-likeness (QED) is 0.754. The smallest absolute Gasteiger partial charge is 0.226 e. The van der Waals surface area contributed by atoms with Gasteiger partial charge in [0.05, 0.1) is 5.25 Å². The first-order chi connectivity index (χ1) is 10.9. The zero-order valence-corrected chi connectivity index (χ0v) is 15.2. The highest BCUT2D eigenvalue weighted by atomic mass is 32.2. The molecule has 1 heterocycles. The lowest BCUT2D eigenvalue weighted by Crippen LogP contribution is -2.44. The summed E-state index contributed by atoms with van der Waals surface area (Å²) in [6.07, 6.45) is 9.29. The first-order valence-corrected chi connectivity index (χ1v) is 10.4. The summed E-state index contributed by atoms with van der Waals surface area (Å²) in [5.74, 6) is 0.427. The molecule has 0 unspecified atom stereocenters. The zero-order valence-electron chi connectivity index (χ0n) is 14.4. The molecule has 0 saturated carbocycles. The van der Waals surface area contributed by atoms with Crippen molar-refractivity contribution in [2.24, 2.45) is 5.92 Å². The average molecular weight is 343 g/mol. The topological polar surface area (TPSA) is 66.5 Å². The fourth-order valence-electron chi connectivity index (χ4n) is 3.23. The van der Waals surface area contributed by atoms with Crippen molar-refractivity contribution in [3.05, 3.63) is 11.6 Å². The van der Waals surface area contributed by atoms with Crippen molar-refractivity contribution in [1.82, 2.24) is 9.62 Å². The molecule has 6 heteroatoms. The first kappa shape index (κ1) is 18.5. The maximum atomic E-state index is 12.5. The van der Waals surface area contributed by atoms with Gasteiger partial charge in [0.15, 0.2) is 0 Å². The van der Waals surface area contributed by atoms with Gasteiger partial charge < -0.3 is 4.90 Å². The van der Waals surface area contributed by atoms with E-state index >= 15 is 0 Å². The Morgan fingerprint density at radius 3 is 2.78 bits per heavy atom. The van der Waals surface area contributed by atoms with Crippen LogP contribution in [0.2, 0.25) is 0 Å². The van der Waals surface area contributed by atoms with E-state index in [-0.39, 0.29) is 11.8 Å². The first-order valence-electron chi connectivity index (χ1n) is 8.82. The zero-order chi connectivity index (χ0) is 16.9. The van der Waals surface area contributed by atoms with Crippen LogP contribution < -0.4 is 4.72 Å². The van der Waals surface area contributed by atoms with Gasteiger partial charge in [-0.3, -0.25) is 4.79 Å². The van der Waals surface area contributed by atoms with Crippen molar-refractivity contribution < 1.29 is 13.2 Å². The monoisotopic (exact) mass is 342 g/mol. The van der Waals surface area contributed by atoms with Gasteiger partial charge in [-0.2, -0.15) is 0 Å². The number of nitrogens with one attached hydrogen (secondary N) is 1. The van der Waals surface area contributed by atoms with E-state index in [1.807, 2.05) is 4.90 Å². The molecular weight excluding hydrogens is 312 g/mol. The Labute approximate surface area is 140 Å². The van der Waals surface area contributed by atoms with Gasteiger partial charge in [0, 0.05) is 26.1 Å². The Morgan fingerprint density at radius 2 is 2.13 bits per heavy atom. The van der Waals surface area contributed by atoms with Crippen molar-refractivity contribution in [3.63, 3.8) is 0 Å². The highest BCUT2D eigenvalue weighted by Crippen LogP contribution is 2.23. The van der Waals surface area contributed by atoms with E-state index in [1.165, 1.54) is 18.4 Å². The Morgan fingerprint density at radius 1 is 1.35 bits per heavy atom. The minimum atomic E-state index is -3.22. The molecule has 0 bridgehead atoms. The van der Waals surface area contributed by atoms with E-state index in [9.17, 15) is 13.2 Å². The van der Waals surface area contributed by atoms with Gasteiger partial charge in [0.2, 0.25) is 15.9 Å². The predicted octanol–water partition coefficient (Wildman–Crippen LogP) is 2.44. The molecule has 23 heavy (non-hydrogen) atoms. The third-order valence-electron chi connectivity index (χ3n) is 4.83. The molecule has 0 radical (unpaired) electrons. The standard InChI is InChI=1S/C17H30N2O3S/c1-14(2)23(21,22)18-12-16-9-6-10-19(13-16)17(20)11-15-7-4-3-5-8-15/h7,14,16,18H,3-6,8-13H2,1-2H3/t16-/m1/s1. The second kappa shape index (κ2) is 8.29. The lowest BCUT2D eigenvalue weighted by atomic mass is 9.95. The van der Waals surface area contributed by atoms with E-state index in [2.05, 4.69) is 10.8 Å². The minimum absolute atomic E-state index is 0.203. The highest BCUT2D eigenvalue weighted by molar-refractivity contribution is 7.90. The molecule has 0 aromatic heterocycles. The molecule has 2 aliphatic rings. The van der Waals surface area contributed by atoms with Gasteiger partial charge in [0.25, 0.3) is 0 Å². The number of hydrogen-bond donors (Lipinski definition) is 1. The average Bonchev–Trinajstić information content (AvgIpc) is 2.54. The van der Waals surface area contributed by atoms with Gasteiger partial charge in [-0.15, -0.1) is 0 Å². The molecule has 0 aromatic rings. The van der Waals surface area contributed by atoms with E-state index in [1.54, 1.807) is 13.8 Å². The van der Waals surface area contributed by atoms with E-state index in [4.69, 9.17) is 0 Å². The van der Waals surface area contributed by atoms with Crippen LogP contribution in [0.15, 0.2) is 11.6 Å². The molecular formula is C17H30N2O3S. The number of carbonyl (C=O) groups excluding carboxylic acids is 1. The van der Waals surface area contributed by atoms with Crippen LogP contribution >= 0.6 is 0 Å². The molecule has 1 amide bonds. The Kier molecular flexibility index (Phi) is 6.65. The molecule has 1 aliphatic heterocycles. The SMILES string of the molecule is CC(C)S(=O)(=O)NC[C@H]1CCCN(C(=O)CC2=CCCCC2)C1. The van der Waals surface area contributed by atoms with Gasteiger partial charge in [0.1, 0.15) is 0 Å². The second-order valence-electron chi connectivity index (χ2n) is 7.08. The number of piperidine rings is 1. The fraction of sp³-hybridized carbons (Fsp3) is 0.824. The molecule has 1 fully saturated rings. The summed E-state index contributed by atoms with van der Waals surface area (Å²) < 4.78 is 26.4. The molecule has 1 atom stereocenters. The lowest BCUT2D eigenvalue weighted by Gasteiger charge is -2.33. The molecule has 0 spiro atoms. The molecule has 2 rings (SSSR count). The number of sulfonamides is 1. The summed E-state index contributed by atoms with van der Waals surface area (Å²) in [5.41, 5.74) is 1.28.